The molecule has 0 saturated carbocycles. The first kappa shape index (κ1) is 22.4. The van der Waals surface area contributed by atoms with Crippen molar-refractivity contribution >= 4 is 17.5 Å². The first-order valence-corrected chi connectivity index (χ1v) is 9.39. The summed E-state index contributed by atoms with van der Waals surface area (Å²) >= 11 is 0. The van der Waals surface area contributed by atoms with Crippen LogP contribution in [-0.2, 0) is 16.1 Å². The molecule has 0 bridgehead atoms. The first-order valence-electron chi connectivity index (χ1n) is 9.39. The van der Waals surface area contributed by atoms with E-state index in [9.17, 15) is 14.0 Å². The standard InChI is InChI=1S/C22H28FN3O3/c1-14-7-6-8-15(2)21(14)25-20(27)12-24-22(28)16(3)26(4)13-17-9-10-19(29-5)18(23)11-17/h6-11,16H,12-13H2,1-5H3,(H,24,28)(H,25,27)/t16-/m0/s1. The van der Waals surface area contributed by atoms with E-state index < -0.39 is 11.9 Å². The van der Waals surface area contributed by atoms with Crippen LogP contribution in [0.5, 0.6) is 5.75 Å². The summed E-state index contributed by atoms with van der Waals surface area (Å²) in [6.45, 7) is 5.82. The van der Waals surface area contributed by atoms with Crippen LogP contribution in [0.1, 0.15) is 23.6 Å². The zero-order valence-electron chi connectivity index (χ0n) is 17.5. The van der Waals surface area contributed by atoms with Crippen molar-refractivity contribution < 1.29 is 18.7 Å². The highest BCUT2D eigenvalue weighted by atomic mass is 19.1. The summed E-state index contributed by atoms with van der Waals surface area (Å²) in [5.41, 5.74) is 3.41. The number of nitrogens with one attached hydrogen (secondary N) is 2. The van der Waals surface area contributed by atoms with E-state index in [0.717, 1.165) is 22.4 Å². The van der Waals surface area contributed by atoms with Gasteiger partial charge in [-0.3, -0.25) is 14.5 Å². The molecule has 29 heavy (non-hydrogen) atoms. The van der Waals surface area contributed by atoms with Crippen molar-refractivity contribution in [3.63, 3.8) is 0 Å². The number of ether oxygens (including phenoxy) is 1. The van der Waals surface area contributed by atoms with Gasteiger partial charge < -0.3 is 15.4 Å². The van der Waals surface area contributed by atoms with Crippen LogP contribution in [0.2, 0.25) is 0 Å². The third-order valence-corrected chi connectivity index (χ3v) is 4.86. The van der Waals surface area contributed by atoms with Crippen molar-refractivity contribution in [2.75, 3.05) is 26.0 Å². The lowest BCUT2D eigenvalue weighted by Gasteiger charge is -2.24. The number of hydrogen-bond donors (Lipinski definition) is 2. The van der Waals surface area contributed by atoms with E-state index >= 15 is 0 Å². The average Bonchev–Trinajstić information content (AvgIpc) is 2.68. The second-order valence-electron chi connectivity index (χ2n) is 7.09. The fourth-order valence-corrected chi connectivity index (χ4v) is 2.94. The monoisotopic (exact) mass is 401 g/mol. The number of nitrogens with zero attached hydrogens (tertiary/aromatic N) is 1. The lowest BCUT2D eigenvalue weighted by atomic mass is 10.1. The molecule has 156 valence electrons. The predicted molar refractivity (Wildman–Crippen MR) is 111 cm³/mol. The molecule has 0 aromatic heterocycles. The largest absolute Gasteiger partial charge is 0.494 e. The first-order chi connectivity index (χ1) is 13.7. The summed E-state index contributed by atoms with van der Waals surface area (Å²) in [4.78, 5) is 26.4. The van der Waals surface area contributed by atoms with Crippen molar-refractivity contribution in [3.8, 4) is 5.75 Å². The van der Waals surface area contributed by atoms with Crippen molar-refractivity contribution in [3.05, 3.63) is 58.9 Å². The Kier molecular flexibility index (Phi) is 7.73. The van der Waals surface area contributed by atoms with Gasteiger partial charge in [-0.05, 0) is 56.6 Å². The molecule has 2 aromatic rings. The van der Waals surface area contributed by atoms with Crippen LogP contribution in [0.25, 0.3) is 0 Å². The summed E-state index contributed by atoms with van der Waals surface area (Å²) in [6, 6.07) is 9.96. The number of carbonyl (C=O) groups is 2. The number of halogens is 1. The van der Waals surface area contributed by atoms with Gasteiger partial charge in [0.15, 0.2) is 11.6 Å². The lowest BCUT2D eigenvalue weighted by Crippen LogP contribution is -2.45. The molecule has 1 atom stereocenters. The smallest absolute Gasteiger partial charge is 0.243 e. The Hall–Kier alpha value is -2.93. The zero-order valence-corrected chi connectivity index (χ0v) is 17.5. The maximum absolute atomic E-state index is 13.8. The minimum Gasteiger partial charge on any atom is -0.494 e. The quantitative estimate of drug-likeness (QED) is 0.713. The average molecular weight is 401 g/mol. The second-order valence-corrected chi connectivity index (χ2v) is 7.09. The summed E-state index contributed by atoms with van der Waals surface area (Å²) < 4.78 is 18.8. The lowest BCUT2D eigenvalue weighted by molar-refractivity contribution is -0.127. The second kappa shape index (κ2) is 10.0. The SMILES string of the molecule is COc1ccc(CN(C)[C@@H](C)C(=O)NCC(=O)Nc2c(C)cccc2C)cc1F. The van der Waals surface area contributed by atoms with Crippen LogP contribution >= 0.6 is 0 Å². The number of likely N-dealkylation sites (N-methyl/N-ethyl adjacent to an activating group) is 1. The Labute approximate surface area is 171 Å². The maximum atomic E-state index is 13.8. The Balaban J connectivity index is 1.87. The van der Waals surface area contributed by atoms with Gasteiger partial charge in [0.05, 0.1) is 19.7 Å². The number of hydrogen-bond acceptors (Lipinski definition) is 4. The highest BCUT2D eigenvalue weighted by Crippen LogP contribution is 2.20. The number of anilines is 1. The number of carbonyl (C=O) groups excluding carboxylic acids is 2. The number of amides is 2. The van der Waals surface area contributed by atoms with E-state index in [4.69, 9.17) is 4.74 Å². The number of para-hydroxylation sites is 1. The van der Waals surface area contributed by atoms with Gasteiger partial charge in [-0.15, -0.1) is 0 Å². The van der Waals surface area contributed by atoms with Crippen molar-refractivity contribution in [1.82, 2.24) is 10.2 Å². The summed E-state index contributed by atoms with van der Waals surface area (Å²) in [7, 11) is 3.18. The predicted octanol–water partition coefficient (Wildman–Crippen LogP) is 3.03. The molecule has 2 rings (SSSR count). The molecule has 2 amide bonds. The molecule has 6 nitrogen and oxygen atoms in total. The number of methoxy groups -OCH3 is 1. The van der Waals surface area contributed by atoms with Gasteiger partial charge in [-0.1, -0.05) is 24.3 Å². The molecule has 0 saturated heterocycles. The van der Waals surface area contributed by atoms with Crippen LogP contribution < -0.4 is 15.4 Å². The molecule has 0 aliphatic heterocycles. The fraction of sp³-hybridized carbons (Fsp3) is 0.364. The highest BCUT2D eigenvalue weighted by Gasteiger charge is 2.19. The van der Waals surface area contributed by atoms with E-state index in [1.807, 2.05) is 32.0 Å². The third-order valence-electron chi connectivity index (χ3n) is 4.86. The summed E-state index contributed by atoms with van der Waals surface area (Å²) in [5.74, 6) is -0.836. The highest BCUT2D eigenvalue weighted by molar-refractivity contribution is 5.96. The molecule has 0 radical (unpaired) electrons. The fourth-order valence-electron chi connectivity index (χ4n) is 2.94. The molecule has 7 heteroatoms. The Morgan fingerprint density at radius 3 is 2.41 bits per heavy atom. The number of aryl methyl sites for hydroxylation is 2. The summed E-state index contributed by atoms with van der Waals surface area (Å²) in [6.07, 6.45) is 0. The van der Waals surface area contributed by atoms with E-state index in [1.165, 1.54) is 13.2 Å². The molecule has 2 aromatic carbocycles. The Bertz CT molecular complexity index is 865. The van der Waals surface area contributed by atoms with Gasteiger partial charge in [0.1, 0.15) is 0 Å². The van der Waals surface area contributed by atoms with Crippen LogP contribution in [0.15, 0.2) is 36.4 Å². The van der Waals surface area contributed by atoms with Gasteiger partial charge in [-0.2, -0.15) is 0 Å². The van der Waals surface area contributed by atoms with Crippen LogP contribution in [-0.4, -0.2) is 43.5 Å². The number of benzene rings is 2. The Morgan fingerprint density at radius 1 is 1.17 bits per heavy atom. The molecule has 2 N–H and O–H groups in total. The van der Waals surface area contributed by atoms with Crippen molar-refractivity contribution in [2.45, 2.75) is 33.4 Å². The molecule has 0 spiro atoms. The molecule has 0 aliphatic rings. The summed E-state index contributed by atoms with van der Waals surface area (Å²) in [5, 5.41) is 5.49. The van der Waals surface area contributed by atoms with Crippen LogP contribution in [0, 0.1) is 19.7 Å². The van der Waals surface area contributed by atoms with Gasteiger partial charge >= 0.3 is 0 Å². The minimum atomic E-state index is -0.492. The molecular formula is C22H28FN3O3. The van der Waals surface area contributed by atoms with Crippen molar-refractivity contribution in [1.29, 1.82) is 0 Å². The van der Waals surface area contributed by atoms with Crippen LogP contribution in [0.4, 0.5) is 10.1 Å². The molecule has 0 heterocycles. The zero-order chi connectivity index (χ0) is 21.6. The topological polar surface area (TPSA) is 70.7 Å². The van der Waals surface area contributed by atoms with Gasteiger partial charge in [-0.25, -0.2) is 4.39 Å². The minimum absolute atomic E-state index is 0.123. The molecule has 0 unspecified atom stereocenters. The number of rotatable bonds is 8. The van der Waals surface area contributed by atoms with Crippen LogP contribution in [0.3, 0.4) is 0 Å². The normalized spacial score (nSPS) is 11.8. The van der Waals surface area contributed by atoms with E-state index in [0.29, 0.717) is 6.54 Å². The van der Waals surface area contributed by atoms with Crippen molar-refractivity contribution in [2.24, 2.45) is 0 Å². The van der Waals surface area contributed by atoms with Gasteiger partial charge in [0.25, 0.3) is 0 Å². The van der Waals surface area contributed by atoms with E-state index in [2.05, 4.69) is 10.6 Å². The van der Waals surface area contributed by atoms with E-state index in [-0.39, 0.29) is 24.1 Å². The molecule has 0 aliphatic carbocycles. The molecular weight excluding hydrogens is 373 g/mol. The van der Waals surface area contributed by atoms with Gasteiger partial charge in [0, 0.05) is 12.2 Å². The van der Waals surface area contributed by atoms with Gasteiger partial charge in [0.2, 0.25) is 11.8 Å². The maximum Gasteiger partial charge on any atom is 0.243 e. The molecule has 0 fully saturated rings. The van der Waals surface area contributed by atoms with E-state index in [1.54, 1.807) is 31.0 Å². The third kappa shape index (κ3) is 6.02. The Morgan fingerprint density at radius 2 is 1.83 bits per heavy atom.